The third-order valence-electron chi connectivity index (χ3n) is 6.43. The lowest BCUT2D eigenvalue weighted by Crippen LogP contribution is -2.37. The zero-order valence-corrected chi connectivity index (χ0v) is 18.6. The first-order chi connectivity index (χ1) is 14.1. The number of piperidine rings is 1. The summed E-state index contributed by atoms with van der Waals surface area (Å²) in [5.74, 6) is 1.44. The number of hydrogen-bond acceptors (Lipinski definition) is 3. The maximum atomic E-state index is 6.60. The van der Waals surface area contributed by atoms with E-state index in [4.69, 9.17) is 39.5 Å². The van der Waals surface area contributed by atoms with E-state index in [1.807, 2.05) is 0 Å². The summed E-state index contributed by atoms with van der Waals surface area (Å²) >= 11 is 19.4. The summed E-state index contributed by atoms with van der Waals surface area (Å²) in [6.07, 6.45) is 6.32. The topological polar surface area (TPSA) is 24.5 Å². The summed E-state index contributed by atoms with van der Waals surface area (Å²) in [7, 11) is 0. The Morgan fingerprint density at radius 3 is 2.38 bits per heavy atom. The Morgan fingerprint density at radius 1 is 0.931 bits per heavy atom. The van der Waals surface area contributed by atoms with Gasteiger partial charge in [-0.1, -0.05) is 47.6 Å². The summed E-state index contributed by atoms with van der Waals surface area (Å²) < 4.78 is 6.54. The van der Waals surface area contributed by atoms with E-state index in [0.29, 0.717) is 21.0 Å². The molecule has 3 aliphatic rings. The fourth-order valence-electron chi connectivity index (χ4n) is 4.99. The largest absolute Gasteiger partial charge is 0.487 e. The van der Waals surface area contributed by atoms with E-state index in [-0.39, 0.29) is 6.10 Å². The number of anilines is 1. The Hall–Kier alpha value is -1.13. The van der Waals surface area contributed by atoms with Crippen molar-refractivity contribution in [1.29, 1.82) is 0 Å². The fraction of sp³-hybridized carbons (Fsp3) is 0.478. The van der Waals surface area contributed by atoms with E-state index >= 15 is 0 Å². The fourth-order valence-corrected chi connectivity index (χ4v) is 6.02. The van der Waals surface area contributed by atoms with Crippen LogP contribution in [0.2, 0.25) is 15.1 Å². The predicted octanol–water partition coefficient (Wildman–Crippen LogP) is 6.53. The van der Waals surface area contributed by atoms with Gasteiger partial charge in [-0.15, -0.1) is 0 Å². The molecule has 3 heterocycles. The Morgan fingerprint density at radius 2 is 1.66 bits per heavy atom. The highest BCUT2D eigenvalue weighted by molar-refractivity contribution is 6.41. The van der Waals surface area contributed by atoms with Crippen LogP contribution in [-0.4, -0.2) is 32.3 Å². The number of halogens is 3. The SMILES string of the molecule is Clc1cc(Cl)c(-c2cc3c(c(N4CCCCCC4)c2)O[C@H]2CCNCC32)c(Cl)c1. The molecule has 0 bridgehead atoms. The van der Waals surface area contributed by atoms with Crippen molar-refractivity contribution in [2.45, 2.75) is 44.1 Å². The van der Waals surface area contributed by atoms with E-state index in [2.05, 4.69) is 22.3 Å². The van der Waals surface area contributed by atoms with Crippen LogP contribution in [0.1, 0.15) is 43.6 Å². The second-order valence-electron chi connectivity index (χ2n) is 8.32. The molecule has 154 valence electrons. The van der Waals surface area contributed by atoms with Crippen molar-refractivity contribution >= 4 is 40.5 Å². The lowest BCUT2D eigenvalue weighted by Gasteiger charge is -2.26. The van der Waals surface area contributed by atoms with Gasteiger partial charge in [0.05, 0.1) is 15.7 Å². The van der Waals surface area contributed by atoms with Crippen molar-refractivity contribution in [3.8, 4) is 16.9 Å². The second-order valence-corrected chi connectivity index (χ2v) is 9.57. The number of fused-ring (bicyclic) bond motifs is 3. The standard InChI is InChI=1S/C23H25Cl3N2O/c24-15-11-18(25)22(19(26)12-15)14-9-16-17-13-27-6-5-21(17)29-23(16)20(10-14)28-7-3-1-2-4-8-28/h9-12,17,21,27H,1-8,13H2/t17?,21-/m0/s1. The normalized spacial score (nSPS) is 23.9. The molecule has 1 unspecified atom stereocenters. The van der Waals surface area contributed by atoms with Crippen LogP contribution in [0.4, 0.5) is 5.69 Å². The molecule has 0 aliphatic carbocycles. The smallest absolute Gasteiger partial charge is 0.146 e. The molecule has 0 spiro atoms. The molecule has 0 aromatic heterocycles. The summed E-state index contributed by atoms with van der Waals surface area (Å²) in [5.41, 5.74) is 4.37. The quantitative estimate of drug-likeness (QED) is 0.561. The number of nitrogens with one attached hydrogen (secondary N) is 1. The predicted molar refractivity (Wildman–Crippen MR) is 122 cm³/mol. The van der Waals surface area contributed by atoms with Crippen molar-refractivity contribution in [1.82, 2.24) is 5.32 Å². The average Bonchev–Trinajstić information content (AvgIpc) is 2.86. The van der Waals surface area contributed by atoms with Crippen LogP contribution in [0, 0.1) is 0 Å². The highest BCUT2D eigenvalue weighted by Crippen LogP contribution is 2.50. The van der Waals surface area contributed by atoms with Gasteiger partial charge >= 0.3 is 0 Å². The van der Waals surface area contributed by atoms with E-state index in [9.17, 15) is 0 Å². The van der Waals surface area contributed by atoms with E-state index in [1.165, 1.54) is 36.9 Å². The molecule has 0 amide bonds. The second kappa shape index (κ2) is 8.19. The van der Waals surface area contributed by atoms with E-state index in [0.717, 1.165) is 49.5 Å². The van der Waals surface area contributed by atoms with Crippen LogP contribution in [-0.2, 0) is 0 Å². The Balaban J connectivity index is 1.67. The molecule has 2 atom stereocenters. The number of hydrogen-bond donors (Lipinski definition) is 1. The molecule has 2 saturated heterocycles. The summed E-state index contributed by atoms with van der Waals surface area (Å²) in [6.45, 7) is 4.09. The molecule has 0 saturated carbocycles. The van der Waals surface area contributed by atoms with Gasteiger partial charge in [0.2, 0.25) is 0 Å². The van der Waals surface area contributed by atoms with Gasteiger partial charge in [-0.3, -0.25) is 0 Å². The molecule has 5 rings (SSSR count). The van der Waals surface area contributed by atoms with Crippen molar-refractivity contribution in [3.05, 3.63) is 44.9 Å². The van der Waals surface area contributed by atoms with Gasteiger partial charge in [0.15, 0.2) is 0 Å². The van der Waals surface area contributed by atoms with Crippen molar-refractivity contribution < 1.29 is 4.74 Å². The van der Waals surface area contributed by atoms with Gasteiger partial charge in [0.1, 0.15) is 11.9 Å². The first kappa shape index (κ1) is 19.8. The van der Waals surface area contributed by atoms with Crippen molar-refractivity contribution in [2.24, 2.45) is 0 Å². The molecule has 3 aliphatic heterocycles. The molecule has 2 aromatic rings. The van der Waals surface area contributed by atoms with Crippen LogP contribution in [0.15, 0.2) is 24.3 Å². The van der Waals surface area contributed by atoms with Crippen LogP contribution in [0.3, 0.4) is 0 Å². The average molecular weight is 452 g/mol. The minimum Gasteiger partial charge on any atom is -0.487 e. The molecular formula is C23H25Cl3N2O. The maximum Gasteiger partial charge on any atom is 0.146 e. The molecule has 29 heavy (non-hydrogen) atoms. The van der Waals surface area contributed by atoms with Gasteiger partial charge in [0, 0.05) is 41.7 Å². The summed E-state index contributed by atoms with van der Waals surface area (Å²) in [4.78, 5) is 2.50. The van der Waals surface area contributed by atoms with Crippen LogP contribution < -0.4 is 15.0 Å². The molecule has 0 radical (unpaired) electrons. The number of rotatable bonds is 2. The van der Waals surface area contributed by atoms with Crippen LogP contribution >= 0.6 is 34.8 Å². The van der Waals surface area contributed by atoms with Gasteiger partial charge in [-0.05, 0) is 55.6 Å². The van der Waals surface area contributed by atoms with Gasteiger partial charge in [0.25, 0.3) is 0 Å². The molecule has 1 N–H and O–H groups in total. The summed E-state index contributed by atoms with van der Waals surface area (Å²) in [5, 5.41) is 5.26. The lowest BCUT2D eigenvalue weighted by atomic mass is 9.88. The first-order valence-corrected chi connectivity index (χ1v) is 11.7. The Bertz CT molecular complexity index is 902. The minimum atomic E-state index is 0.253. The highest BCUT2D eigenvalue weighted by Gasteiger charge is 2.39. The molecular weight excluding hydrogens is 427 g/mol. The van der Waals surface area contributed by atoms with E-state index in [1.54, 1.807) is 12.1 Å². The van der Waals surface area contributed by atoms with Gasteiger partial charge < -0.3 is 15.0 Å². The number of ether oxygens (including phenoxy) is 1. The van der Waals surface area contributed by atoms with Gasteiger partial charge in [-0.2, -0.15) is 0 Å². The molecule has 2 aromatic carbocycles. The van der Waals surface area contributed by atoms with Crippen molar-refractivity contribution in [2.75, 3.05) is 31.1 Å². The van der Waals surface area contributed by atoms with Crippen LogP contribution in [0.5, 0.6) is 5.75 Å². The third-order valence-corrected chi connectivity index (χ3v) is 7.24. The van der Waals surface area contributed by atoms with Gasteiger partial charge in [-0.25, -0.2) is 0 Å². The van der Waals surface area contributed by atoms with E-state index < -0.39 is 0 Å². The molecule has 6 heteroatoms. The summed E-state index contributed by atoms with van der Waals surface area (Å²) in [6, 6.07) is 7.99. The maximum absolute atomic E-state index is 6.60. The number of nitrogens with zero attached hydrogens (tertiary/aromatic N) is 1. The lowest BCUT2D eigenvalue weighted by molar-refractivity contribution is 0.172. The Kier molecular flexibility index (Phi) is 5.59. The third kappa shape index (κ3) is 3.72. The monoisotopic (exact) mass is 450 g/mol. The minimum absolute atomic E-state index is 0.253. The number of benzene rings is 2. The first-order valence-electron chi connectivity index (χ1n) is 10.6. The zero-order chi connectivity index (χ0) is 20.0. The molecule has 2 fully saturated rings. The highest BCUT2D eigenvalue weighted by atomic mass is 35.5. The van der Waals surface area contributed by atoms with Crippen molar-refractivity contribution in [3.63, 3.8) is 0 Å². The molecule has 3 nitrogen and oxygen atoms in total. The van der Waals surface area contributed by atoms with Crippen LogP contribution in [0.25, 0.3) is 11.1 Å². The Labute approximate surface area is 187 Å². The zero-order valence-electron chi connectivity index (χ0n) is 16.3.